The van der Waals surface area contributed by atoms with Gasteiger partial charge in [-0.05, 0) is 39.7 Å². The highest BCUT2D eigenvalue weighted by molar-refractivity contribution is 5.15. The lowest BCUT2D eigenvalue weighted by Gasteiger charge is -2.37. The molecule has 4 heteroatoms. The molecule has 0 fully saturated rings. The van der Waals surface area contributed by atoms with E-state index in [0.29, 0.717) is 6.61 Å². The third kappa shape index (κ3) is 8.85. The van der Waals surface area contributed by atoms with Gasteiger partial charge < -0.3 is 14.6 Å². The van der Waals surface area contributed by atoms with Crippen LogP contribution in [0.1, 0.15) is 39.7 Å². The molecule has 0 bridgehead atoms. The van der Waals surface area contributed by atoms with Crippen molar-refractivity contribution in [3.8, 4) is 0 Å². The molecule has 0 radical (unpaired) electrons. The number of aliphatic hydroxyl groups excluding tert-OH is 1. The van der Waals surface area contributed by atoms with Crippen molar-refractivity contribution in [1.82, 2.24) is 4.90 Å². The maximum absolute atomic E-state index is 11.1. The molecule has 1 aromatic carbocycles. The fraction of sp³-hybridized carbons (Fsp3) is 0.565. The summed E-state index contributed by atoms with van der Waals surface area (Å²) in [5.74, 6) is 0. The summed E-state index contributed by atoms with van der Waals surface area (Å²) in [6.45, 7) is 17.6. The zero-order chi connectivity index (χ0) is 20.2. The van der Waals surface area contributed by atoms with Crippen LogP contribution >= 0.6 is 0 Å². The van der Waals surface area contributed by atoms with Crippen molar-refractivity contribution in [2.45, 2.75) is 71.1 Å². The zero-order valence-electron chi connectivity index (χ0n) is 17.4. The molecule has 4 nitrogen and oxygen atoms in total. The van der Waals surface area contributed by atoms with Crippen molar-refractivity contribution >= 4 is 0 Å². The fourth-order valence-electron chi connectivity index (χ4n) is 2.99. The lowest BCUT2D eigenvalue weighted by Crippen LogP contribution is -2.50. The Morgan fingerprint density at radius 2 is 1.74 bits per heavy atom. The van der Waals surface area contributed by atoms with Gasteiger partial charge in [-0.15, -0.1) is 13.2 Å². The summed E-state index contributed by atoms with van der Waals surface area (Å²) >= 11 is 0. The average molecular weight is 376 g/mol. The molecule has 0 unspecified atom stereocenters. The Morgan fingerprint density at radius 3 is 2.26 bits per heavy atom. The molecule has 0 aliphatic carbocycles. The van der Waals surface area contributed by atoms with Crippen molar-refractivity contribution < 1.29 is 14.6 Å². The second kappa shape index (κ2) is 12.8. The van der Waals surface area contributed by atoms with Crippen LogP contribution in [0.2, 0.25) is 0 Å². The van der Waals surface area contributed by atoms with E-state index in [4.69, 9.17) is 9.47 Å². The van der Waals surface area contributed by atoms with Crippen LogP contribution in [0, 0.1) is 0 Å². The molecule has 0 amide bonds. The maximum atomic E-state index is 11.1. The molecule has 1 aromatic rings. The Balaban J connectivity index is 2.98. The average Bonchev–Trinajstić information content (AvgIpc) is 2.63. The summed E-state index contributed by atoms with van der Waals surface area (Å²) in [7, 11) is 0. The van der Waals surface area contributed by atoms with E-state index in [1.807, 2.05) is 58.0 Å². The molecule has 27 heavy (non-hydrogen) atoms. The smallest absolute Gasteiger partial charge is 0.109 e. The molecule has 3 atom stereocenters. The van der Waals surface area contributed by atoms with Gasteiger partial charge in [-0.25, -0.2) is 0 Å². The minimum absolute atomic E-state index is 0.00151. The van der Waals surface area contributed by atoms with Crippen LogP contribution in [0.5, 0.6) is 0 Å². The van der Waals surface area contributed by atoms with Gasteiger partial charge in [0, 0.05) is 13.1 Å². The van der Waals surface area contributed by atoms with Gasteiger partial charge in [0.1, 0.15) is 12.2 Å². The topological polar surface area (TPSA) is 41.9 Å². The van der Waals surface area contributed by atoms with Crippen molar-refractivity contribution in [2.75, 3.05) is 13.2 Å². The van der Waals surface area contributed by atoms with Crippen molar-refractivity contribution in [3.05, 3.63) is 61.2 Å². The van der Waals surface area contributed by atoms with E-state index in [0.717, 1.165) is 19.5 Å². The van der Waals surface area contributed by atoms with Gasteiger partial charge in [-0.1, -0.05) is 42.5 Å². The molecule has 0 aliphatic rings. The molecular formula is C23H37NO3. The number of benzene rings is 1. The summed E-state index contributed by atoms with van der Waals surface area (Å²) in [5, 5.41) is 11.1. The summed E-state index contributed by atoms with van der Waals surface area (Å²) in [4.78, 5) is 2.22. The highest BCUT2D eigenvalue weighted by atomic mass is 16.5. The van der Waals surface area contributed by atoms with E-state index < -0.39 is 12.2 Å². The molecule has 1 N–H and O–H groups in total. The molecule has 0 aromatic heterocycles. The lowest BCUT2D eigenvalue weighted by atomic mass is 10.0. The predicted molar refractivity (Wildman–Crippen MR) is 113 cm³/mol. The van der Waals surface area contributed by atoms with Crippen LogP contribution in [-0.2, 0) is 16.0 Å². The molecule has 0 saturated heterocycles. The SMILES string of the molecule is C=CCCN(Cc1ccccc1)[C@H](C=C)[C@@H](O)[C@@H](COC(C)C)OC(C)C. The molecule has 0 spiro atoms. The van der Waals surface area contributed by atoms with Crippen LogP contribution in [0.4, 0.5) is 0 Å². The normalized spacial score (nSPS) is 15.1. The first kappa shape index (κ1) is 23.6. The number of hydrogen-bond acceptors (Lipinski definition) is 4. The third-order valence-electron chi connectivity index (χ3n) is 4.28. The minimum Gasteiger partial charge on any atom is -0.388 e. The highest BCUT2D eigenvalue weighted by Crippen LogP contribution is 2.18. The summed E-state index contributed by atoms with van der Waals surface area (Å²) in [5.41, 5.74) is 1.19. The lowest BCUT2D eigenvalue weighted by molar-refractivity contribution is -0.124. The molecule has 0 heterocycles. The van der Waals surface area contributed by atoms with Gasteiger partial charge in [-0.2, -0.15) is 0 Å². The van der Waals surface area contributed by atoms with Gasteiger partial charge in [-0.3, -0.25) is 4.90 Å². The standard InChI is InChI=1S/C23H37NO3/c1-7-9-15-24(16-20-13-11-10-12-14-20)21(8-2)23(25)22(27-19(5)6)17-26-18(3)4/h7-8,10-14,18-19,21-23,25H,1-2,9,15-17H2,3-6H3/t21-,22-,23-/m1/s1. The van der Waals surface area contributed by atoms with Crippen LogP contribution in [0.25, 0.3) is 0 Å². The van der Waals surface area contributed by atoms with Gasteiger partial charge in [0.25, 0.3) is 0 Å². The van der Waals surface area contributed by atoms with Gasteiger partial charge in [0.15, 0.2) is 0 Å². The quantitative estimate of drug-likeness (QED) is 0.495. The first-order valence-electron chi connectivity index (χ1n) is 9.85. The van der Waals surface area contributed by atoms with Crippen LogP contribution in [0.3, 0.4) is 0 Å². The van der Waals surface area contributed by atoms with E-state index >= 15 is 0 Å². The molecule has 0 saturated carbocycles. The second-order valence-corrected chi connectivity index (χ2v) is 7.36. The first-order valence-corrected chi connectivity index (χ1v) is 9.85. The molecule has 0 aliphatic heterocycles. The summed E-state index contributed by atoms with van der Waals surface area (Å²) < 4.78 is 11.7. The number of aliphatic hydroxyl groups is 1. The highest BCUT2D eigenvalue weighted by Gasteiger charge is 2.31. The van der Waals surface area contributed by atoms with E-state index in [-0.39, 0.29) is 18.2 Å². The monoisotopic (exact) mass is 375 g/mol. The van der Waals surface area contributed by atoms with Crippen LogP contribution < -0.4 is 0 Å². The van der Waals surface area contributed by atoms with Gasteiger partial charge in [0.2, 0.25) is 0 Å². The Kier molecular flexibility index (Phi) is 11.2. The number of rotatable bonds is 14. The largest absolute Gasteiger partial charge is 0.388 e. The van der Waals surface area contributed by atoms with E-state index in [2.05, 4.69) is 30.2 Å². The van der Waals surface area contributed by atoms with E-state index in [1.54, 1.807) is 0 Å². The maximum Gasteiger partial charge on any atom is 0.109 e. The summed E-state index contributed by atoms with van der Waals surface area (Å²) in [6, 6.07) is 10.0. The molecule has 152 valence electrons. The molecule has 1 rings (SSSR count). The van der Waals surface area contributed by atoms with Gasteiger partial charge in [0.05, 0.1) is 24.9 Å². The number of nitrogens with zero attached hydrogens (tertiary/aromatic N) is 1. The fourth-order valence-corrected chi connectivity index (χ4v) is 2.99. The van der Waals surface area contributed by atoms with E-state index in [1.165, 1.54) is 5.56 Å². The first-order chi connectivity index (χ1) is 12.9. The Hall–Kier alpha value is -1.46. The zero-order valence-corrected chi connectivity index (χ0v) is 17.4. The van der Waals surface area contributed by atoms with Crippen LogP contribution in [-0.4, -0.2) is 53.6 Å². The van der Waals surface area contributed by atoms with Crippen molar-refractivity contribution in [1.29, 1.82) is 0 Å². The Bertz CT molecular complexity index is 530. The number of hydrogen-bond donors (Lipinski definition) is 1. The Morgan fingerprint density at radius 1 is 1.07 bits per heavy atom. The third-order valence-corrected chi connectivity index (χ3v) is 4.28. The predicted octanol–water partition coefficient (Wildman–Crippen LogP) is 4.20. The Labute approximate surface area is 165 Å². The minimum atomic E-state index is -0.739. The second-order valence-electron chi connectivity index (χ2n) is 7.36. The van der Waals surface area contributed by atoms with Crippen molar-refractivity contribution in [2.24, 2.45) is 0 Å². The van der Waals surface area contributed by atoms with Crippen LogP contribution in [0.15, 0.2) is 55.6 Å². The molecular weight excluding hydrogens is 338 g/mol. The van der Waals surface area contributed by atoms with E-state index in [9.17, 15) is 5.11 Å². The summed E-state index contributed by atoms with van der Waals surface area (Å²) in [6.07, 6.45) is 3.47. The van der Waals surface area contributed by atoms with Crippen molar-refractivity contribution in [3.63, 3.8) is 0 Å². The number of ether oxygens (including phenoxy) is 2. The van der Waals surface area contributed by atoms with Gasteiger partial charge >= 0.3 is 0 Å².